The van der Waals surface area contributed by atoms with E-state index in [0.717, 1.165) is 113 Å². The van der Waals surface area contributed by atoms with Crippen molar-refractivity contribution in [2.45, 2.75) is 103 Å². The van der Waals surface area contributed by atoms with E-state index in [2.05, 4.69) is 18.2 Å². The Labute approximate surface area is 248 Å². The Balaban J connectivity index is 1.43. The molecule has 2 aromatic carbocycles. The molecule has 0 radical (unpaired) electrons. The number of carbonyl (C=O) groups excluding carboxylic acids is 3. The third-order valence-corrected chi connectivity index (χ3v) is 13.7. The van der Waals surface area contributed by atoms with Crippen LogP contribution in [0.2, 0.25) is 0 Å². The molecule has 41 heavy (non-hydrogen) atoms. The second kappa shape index (κ2) is 12.8. The van der Waals surface area contributed by atoms with Crippen molar-refractivity contribution in [1.82, 2.24) is 0 Å². The van der Waals surface area contributed by atoms with Crippen LogP contribution >= 0.6 is 0 Å². The summed E-state index contributed by atoms with van der Waals surface area (Å²) >= 11 is -5.10. The van der Waals surface area contributed by atoms with E-state index < -0.39 is 17.8 Å². The summed E-state index contributed by atoms with van der Waals surface area (Å²) < 4.78 is 20.1. The average molecular weight is 595 g/mol. The van der Waals surface area contributed by atoms with Crippen LogP contribution in [0.5, 0.6) is 0 Å². The van der Waals surface area contributed by atoms with Gasteiger partial charge in [0.15, 0.2) is 0 Å². The van der Waals surface area contributed by atoms with Gasteiger partial charge in [0.2, 0.25) is 0 Å². The summed E-state index contributed by atoms with van der Waals surface area (Å²) in [5, 5.41) is 0. The van der Waals surface area contributed by atoms with Crippen LogP contribution in [-0.2, 0) is 48.5 Å². The van der Waals surface area contributed by atoms with Crippen molar-refractivity contribution in [3.8, 4) is 11.1 Å². The maximum absolute atomic E-state index is 13.9. The fraction of sp³-hybridized carbons (Fsp3) is 0.559. The van der Waals surface area contributed by atoms with E-state index in [-0.39, 0.29) is 35.7 Å². The van der Waals surface area contributed by atoms with Gasteiger partial charge >= 0.3 is 249 Å². The first-order chi connectivity index (χ1) is 20.0. The van der Waals surface area contributed by atoms with Gasteiger partial charge in [-0.2, -0.15) is 0 Å². The Morgan fingerprint density at radius 2 is 0.976 bits per heavy atom. The molecular formula is C34H42O6Ti. The van der Waals surface area contributed by atoms with Gasteiger partial charge in [0, 0.05) is 0 Å². The van der Waals surface area contributed by atoms with E-state index in [1.165, 1.54) is 5.56 Å². The zero-order chi connectivity index (χ0) is 28.2. The Kier molecular flexibility index (Phi) is 8.97. The fourth-order valence-electron chi connectivity index (χ4n) is 7.33. The quantitative estimate of drug-likeness (QED) is 0.270. The third kappa shape index (κ3) is 6.20. The van der Waals surface area contributed by atoms with Gasteiger partial charge < -0.3 is 0 Å². The Morgan fingerprint density at radius 3 is 1.46 bits per heavy atom. The molecule has 6 rings (SSSR count). The predicted molar refractivity (Wildman–Crippen MR) is 152 cm³/mol. The Hall–Kier alpha value is -2.44. The summed E-state index contributed by atoms with van der Waals surface area (Å²) in [6.07, 6.45) is 14.3. The first-order valence-electron chi connectivity index (χ1n) is 15.9. The molecule has 0 atom stereocenters. The van der Waals surface area contributed by atoms with Crippen LogP contribution in [-0.4, -0.2) is 17.9 Å². The molecule has 3 saturated carbocycles. The van der Waals surface area contributed by atoms with Crippen LogP contribution in [0.15, 0.2) is 42.5 Å². The molecule has 2 aromatic rings. The zero-order valence-electron chi connectivity index (χ0n) is 24.0. The van der Waals surface area contributed by atoms with Crippen molar-refractivity contribution in [3.05, 3.63) is 53.6 Å². The predicted octanol–water partition coefficient (Wildman–Crippen LogP) is 7.15. The molecule has 4 aliphatic carbocycles. The fourth-order valence-corrected chi connectivity index (χ4v) is 11.5. The Bertz CT molecular complexity index is 1190. The van der Waals surface area contributed by atoms with Gasteiger partial charge in [-0.1, -0.05) is 0 Å². The molecule has 0 saturated heterocycles. The van der Waals surface area contributed by atoms with Crippen molar-refractivity contribution in [2.24, 2.45) is 17.8 Å². The summed E-state index contributed by atoms with van der Waals surface area (Å²) in [5.74, 6) is -1.89. The summed E-state index contributed by atoms with van der Waals surface area (Å²) in [5.41, 5.74) is 4.28. The SMILES string of the molecule is O=C([O][Ti]([O]C(=O)C1CCCCC1)([O]C(=O)C1CCCCC1)[c]1cccc2c1Cc1ccccc1-2)C1CCCCC1. The van der Waals surface area contributed by atoms with Crippen LogP contribution < -0.4 is 3.87 Å². The number of fused-ring (bicyclic) bond motifs is 3. The van der Waals surface area contributed by atoms with Crippen molar-refractivity contribution >= 4 is 21.8 Å². The van der Waals surface area contributed by atoms with E-state index in [9.17, 15) is 14.4 Å². The zero-order valence-corrected chi connectivity index (χ0v) is 25.6. The molecule has 4 aliphatic rings. The molecule has 3 fully saturated rings. The summed E-state index contributed by atoms with van der Waals surface area (Å²) in [6, 6.07) is 14.1. The maximum atomic E-state index is 13.9. The first-order valence-corrected chi connectivity index (χ1v) is 18.6. The van der Waals surface area contributed by atoms with Gasteiger partial charge in [-0.25, -0.2) is 0 Å². The van der Waals surface area contributed by atoms with E-state index in [4.69, 9.17) is 9.96 Å². The van der Waals surface area contributed by atoms with Crippen LogP contribution in [0, 0.1) is 17.8 Å². The minimum atomic E-state index is -5.10. The standard InChI is InChI=1S/C13H9.3C7H12O2.Ti/c1-3-7-12-10(5-1)9-11-6-2-4-8-13(11)12;3*8-7(9)6-4-2-1-3-5-6;/h1-5,7-8H,9H2;3*6H,1-5H2,(H,8,9);/q;;;;+3/p-3. The number of carbonyl (C=O) groups is 3. The molecule has 0 aromatic heterocycles. The van der Waals surface area contributed by atoms with Crippen molar-refractivity contribution in [2.75, 3.05) is 0 Å². The van der Waals surface area contributed by atoms with Crippen LogP contribution in [0.3, 0.4) is 0 Å². The number of hydrogen-bond acceptors (Lipinski definition) is 6. The minimum absolute atomic E-state index is 0.260. The van der Waals surface area contributed by atoms with E-state index in [1.807, 2.05) is 24.3 Å². The topological polar surface area (TPSA) is 78.9 Å². The molecule has 218 valence electrons. The molecule has 0 spiro atoms. The molecule has 6 nitrogen and oxygen atoms in total. The van der Waals surface area contributed by atoms with Crippen molar-refractivity contribution in [3.63, 3.8) is 0 Å². The number of rotatable bonds is 7. The number of hydrogen-bond donors (Lipinski definition) is 0. The van der Waals surface area contributed by atoms with E-state index >= 15 is 0 Å². The molecule has 0 aliphatic heterocycles. The Morgan fingerprint density at radius 1 is 0.537 bits per heavy atom. The molecule has 7 heteroatoms. The van der Waals surface area contributed by atoms with Crippen molar-refractivity contribution < 1.29 is 42.1 Å². The third-order valence-electron chi connectivity index (χ3n) is 9.70. The molecule has 0 amide bonds. The summed E-state index contributed by atoms with van der Waals surface area (Å²) in [7, 11) is 0. The number of benzene rings is 2. The normalized spacial score (nSPS) is 20.1. The van der Waals surface area contributed by atoms with Gasteiger partial charge in [0.25, 0.3) is 0 Å². The van der Waals surface area contributed by atoms with Crippen LogP contribution in [0.1, 0.15) is 107 Å². The summed E-state index contributed by atoms with van der Waals surface area (Å²) in [6.45, 7) is 0. The molecule has 0 unspecified atom stereocenters. The second-order valence-electron chi connectivity index (χ2n) is 12.5. The van der Waals surface area contributed by atoms with Gasteiger partial charge in [-0.3, -0.25) is 0 Å². The van der Waals surface area contributed by atoms with Gasteiger partial charge in [-0.05, 0) is 0 Å². The molecule has 0 bridgehead atoms. The van der Waals surface area contributed by atoms with Gasteiger partial charge in [0.1, 0.15) is 0 Å². The second-order valence-corrected chi connectivity index (χ2v) is 16.0. The van der Waals surface area contributed by atoms with Gasteiger partial charge in [-0.15, -0.1) is 0 Å². The monoisotopic (exact) mass is 594 g/mol. The first kappa shape index (κ1) is 28.7. The van der Waals surface area contributed by atoms with Gasteiger partial charge in [0.05, 0.1) is 0 Å². The average Bonchev–Trinajstić information content (AvgIpc) is 3.41. The van der Waals surface area contributed by atoms with E-state index in [1.54, 1.807) is 0 Å². The van der Waals surface area contributed by atoms with Crippen LogP contribution in [0.4, 0.5) is 0 Å². The molecular weight excluding hydrogens is 552 g/mol. The molecule has 0 heterocycles. The summed E-state index contributed by atoms with van der Waals surface area (Å²) in [4.78, 5) is 41.6. The van der Waals surface area contributed by atoms with Crippen LogP contribution in [0.25, 0.3) is 11.1 Å². The molecule has 0 N–H and O–H groups in total. The van der Waals surface area contributed by atoms with Crippen molar-refractivity contribution in [1.29, 1.82) is 0 Å². The van der Waals surface area contributed by atoms with E-state index in [0.29, 0.717) is 10.3 Å².